The third kappa shape index (κ3) is 7.30. The topological polar surface area (TPSA) is 60.5 Å². The van der Waals surface area contributed by atoms with Gasteiger partial charge >= 0.3 is 12.8 Å². The molecule has 0 fully saturated rings. The fraction of sp³-hybridized carbons (Fsp3) is 0.176. The zero-order valence-corrected chi connectivity index (χ0v) is 13.5. The van der Waals surface area contributed by atoms with Crippen molar-refractivity contribution in [3.8, 4) is 11.6 Å². The predicted octanol–water partition coefficient (Wildman–Crippen LogP) is 4.28. The molecule has 0 aliphatic carbocycles. The van der Waals surface area contributed by atoms with Crippen LogP contribution < -0.4 is 14.8 Å². The number of aromatic nitrogens is 1. The van der Waals surface area contributed by atoms with Crippen molar-refractivity contribution in [1.82, 2.24) is 4.98 Å². The van der Waals surface area contributed by atoms with Crippen molar-refractivity contribution >= 4 is 17.7 Å². The first-order valence-corrected chi connectivity index (χ1v) is 7.41. The Hall–Kier alpha value is -3.17. The third-order valence-electron chi connectivity index (χ3n) is 2.94. The highest BCUT2D eigenvalue weighted by Crippen LogP contribution is 2.22. The molecule has 0 unspecified atom stereocenters. The van der Waals surface area contributed by atoms with Crippen LogP contribution in [0.5, 0.6) is 11.6 Å². The number of nitrogens with one attached hydrogen (secondary N) is 1. The number of benzene rings is 1. The van der Waals surface area contributed by atoms with E-state index in [-0.39, 0.29) is 22.9 Å². The summed E-state index contributed by atoms with van der Waals surface area (Å²) in [5.41, 5.74) is 0.475. The number of carbonyl (C=O) groups excluding carboxylic acids is 1. The molecule has 1 amide bonds. The van der Waals surface area contributed by atoms with E-state index in [4.69, 9.17) is 0 Å². The molecule has 0 spiro atoms. The average Bonchev–Trinajstić information content (AvgIpc) is 2.59. The summed E-state index contributed by atoms with van der Waals surface area (Å²) in [4.78, 5) is 15.5. The Morgan fingerprint density at radius 3 is 2.56 bits per heavy atom. The van der Waals surface area contributed by atoms with Crippen LogP contribution in [-0.4, -0.2) is 30.3 Å². The van der Waals surface area contributed by atoms with Crippen LogP contribution in [0.1, 0.15) is 5.56 Å². The summed E-state index contributed by atoms with van der Waals surface area (Å²) in [6.45, 7) is -4.48. The van der Waals surface area contributed by atoms with E-state index in [1.165, 1.54) is 30.3 Å². The van der Waals surface area contributed by atoms with E-state index in [1.807, 2.05) is 0 Å². The molecule has 0 bridgehead atoms. The van der Waals surface area contributed by atoms with E-state index in [2.05, 4.69) is 19.8 Å². The summed E-state index contributed by atoms with van der Waals surface area (Å²) in [6.07, 6.45) is -1.00. The van der Waals surface area contributed by atoms with E-state index in [0.717, 1.165) is 18.3 Å². The Balaban J connectivity index is 1.95. The smallest absolute Gasteiger partial charge is 0.422 e. The van der Waals surface area contributed by atoms with E-state index >= 15 is 0 Å². The normalized spacial score (nSPS) is 11.6. The molecule has 27 heavy (non-hydrogen) atoms. The van der Waals surface area contributed by atoms with Crippen molar-refractivity contribution in [2.75, 3.05) is 11.9 Å². The Morgan fingerprint density at radius 2 is 1.93 bits per heavy atom. The molecular formula is C17H13F5N2O3. The Morgan fingerprint density at radius 1 is 1.19 bits per heavy atom. The molecule has 1 aromatic heterocycles. The number of pyridine rings is 1. The molecule has 2 rings (SSSR count). The van der Waals surface area contributed by atoms with Crippen molar-refractivity contribution in [3.63, 3.8) is 0 Å². The van der Waals surface area contributed by atoms with E-state index in [9.17, 15) is 26.7 Å². The Labute approximate surface area is 150 Å². The Bertz CT molecular complexity index is 792. The predicted molar refractivity (Wildman–Crippen MR) is 86.5 cm³/mol. The number of hydrogen-bond acceptors (Lipinski definition) is 4. The highest BCUT2D eigenvalue weighted by atomic mass is 19.4. The minimum Gasteiger partial charge on any atom is -0.468 e. The number of alkyl halides is 5. The van der Waals surface area contributed by atoms with Crippen molar-refractivity contribution in [1.29, 1.82) is 0 Å². The largest absolute Gasteiger partial charge is 0.468 e. The molecule has 5 nitrogen and oxygen atoms in total. The number of ether oxygens (including phenoxy) is 2. The number of halogens is 5. The molecule has 0 aliphatic heterocycles. The lowest BCUT2D eigenvalue weighted by molar-refractivity contribution is -0.154. The van der Waals surface area contributed by atoms with Gasteiger partial charge in [0.1, 0.15) is 5.75 Å². The summed E-state index contributed by atoms with van der Waals surface area (Å²) in [5.74, 6) is -0.948. The van der Waals surface area contributed by atoms with Crippen LogP contribution in [-0.2, 0) is 4.79 Å². The van der Waals surface area contributed by atoms with Crippen LogP contribution in [0.3, 0.4) is 0 Å². The van der Waals surface area contributed by atoms with Gasteiger partial charge in [0.25, 0.3) is 0 Å². The maximum absolute atomic E-state index is 12.3. The standard InChI is InChI=1S/C17H13F5N2O3/c18-16(19)27-13-4-2-1-3-11(13)5-7-14(25)24-12-6-8-15(23-9-12)26-10-17(20,21)22/h1-9,16H,10H2,(H,24,25). The number of rotatable bonds is 7. The molecule has 0 saturated heterocycles. The molecule has 1 heterocycles. The van der Waals surface area contributed by atoms with Crippen LogP contribution in [0.4, 0.5) is 27.6 Å². The number of hydrogen-bond donors (Lipinski definition) is 1. The summed E-state index contributed by atoms with van der Waals surface area (Å²) in [5, 5.41) is 2.42. The first-order valence-electron chi connectivity index (χ1n) is 7.41. The lowest BCUT2D eigenvalue weighted by Gasteiger charge is -2.09. The third-order valence-corrected chi connectivity index (χ3v) is 2.94. The summed E-state index contributed by atoms with van der Waals surface area (Å²) in [6, 6.07) is 8.36. The van der Waals surface area contributed by atoms with Crippen LogP contribution in [0, 0.1) is 0 Å². The van der Waals surface area contributed by atoms with Gasteiger partial charge in [-0.2, -0.15) is 22.0 Å². The van der Waals surface area contributed by atoms with Gasteiger partial charge < -0.3 is 14.8 Å². The highest BCUT2D eigenvalue weighted by molar-refractivity contribution is 6.02. The van der Waals surface area contributed by atoms with E-state index in [1.54, 1.807) is 6.07 Å². The van der Waals surface area contributed by atoms with E-state index in [0.29, 0.717) is 0 Å². The number of anilines is 1. The second-order valence-corrected chi connectivity index (χ2v) is 5.03. The Kier molecular flexibility index (Phi) is 6.69. The second-order valence-electron chi connectivity index (χ2n) is 5.03. The first kappa shape index (κ1) is 20.1. The molecule has 0 aliphatic rings. The van der Waals surface area contributed by atoms with Gasteiger partial charge in [0.05, 0.1) is 11.9 Å². The molecule has 1 N–H and O–H groups in total. The summed E-state index contributed by atoms with van der Waals surface area (Å²) in [7, 11) is 0. The summed E-state index contributed by atoms with van der Waals surface area (Å²) >= 11 is 0. The zero-order valence-electron chi connectivity index (χ0n) is 13.5. The summed E-state index contributed by atoms with van der Waals surface area (Å²) < 4.78 is 69.6. The molecule has 0 radical (unpaired) electrons. The zero-order chi connectivity index (χ0) is 19.9. The van der Waals surface area contributed by atoms with Crippen molar-refractivity contribution in [2.45, 2.75) is 12.8 Å². The molecule has 0 atom stereocenters. The number of nitrogens with zero attached hydrogens (tertiary/aromatic N) is 1. The van der Waals surface area contributed by atoms with Crippen LogP contribution in [0.25, 0.3) is 6.08 Å². The van der Waals surface area contributed by atoms with Crippen LogP contribution in [0.15, 0.2) is 48.7 Å². The highest BCUT2D eigenvalue weighted by Gasteiger charge is 2.28. The quantitative estimate of drug-likeness (QED) is 0.568. The molecule has 10 heteroatoms. The van der Waals surface area contributed by atoms with Gasteiger partial charge in [0, 0.05) is 17.7 Å². The molecule has 1 aromatic carbocycles. The molecular weight excluding hydrogens is 375 g/mol. The number of amides is 1. The van der Waals surface area contributed by atoms with Crippen molar-refractivity contribution in [3.05, 3.63) is 54.2 Å². The molecule has 0 saturated carbocycles. The van der Waals surface area contributed by atoms with E-state index < -0.39 is 25.3 Å². The van der Waals surface area contributed by atoms with Crippen molar-refractivity contribution < 1.29 is 36.2 Å². The monoisotopic (exact) mass is 388 g/mol. The van der Waals surface area contributed by atoms with Gasteiger partial charge in [-0.1, -0.05) is 18.2 Å². The fourth-order valence-corrected chi connectivity index (χ4v) is 1.87. The molecule has 144 valence electrons. The minimum absolute atomic E-state index is 0.0932. The lowest BCUT2D eigenvalue weighted by atomic mass is 10.2. The minimum atomic E-state index is -4.48. The van der Waals surface area contributed by atoms with Gasteiger partial charge in [-0.3, -0.25) is 4.79 Å². The van der Waals surface area contributed by atoms with Crippen LogP contribution in [0.2, 0.25) is 0 Å². The second kappa shape index (κ2) is 8.97. The van der Waals surface area contributed by atoms with Gasteiger partial charge in [0.15, 0.2) is 6.61 Å². The first-order chi connectivity index (χ1) is 12.7. The number of para-hydroxylation sites is 1. The van der Waals surface area contributed by atoms with Gasteiger partial charge in [-0.25, -0.2) is 4.98 Å². The van der Waals surface area contributed by atoms with Crippen LogP contribution >= 0.6 is 0 Å². The maximum atomic E-state index is 12.3. The maximum Gasteiger partial charge on any atom is 0.422 e. The van der Waals surface area contributed by atoms with Crippen molar-refractivity contribution in [2.24, 2.45) is 0 Å². The SMILES string of the molecule is O=C(C=Cc1ccccc1OC(F)F)Nc1ccc(OCC(F)(F)F)nc1. The van der Waals surface area contributed by atoms with Gasteiger partial charge in [-0.05, 0) is 18.2 Å². The van der Waals surface area contributed by atoms with Gasteiger partial charge in [0.2, 0.25) is 11.8 Å². The fourth-order valence-electron chi connectivity index (χ4n) is 1.87. The number of carbonyl (C=O) groups is 1. The lowest BCUT2D eigenvalue weighted by Crippen LogP contribution is -2.19. The molecule has 2 aromatic rings. The van der Waals surface area contributed by atoms with Gasteiger partial charge in [-0.15, -0.1) is 0 Å². The average molecular weight is 388 g/mol.